The Hall–Kier alpha value is -1.09. The number of nitrogens with zero attached hydrogens (tertiary/aromatic N) is 2. The Kier molecular flexibility index (Phi) is 5.16. The van der Waals surface area contributed by atoms with Crippen molar-refractivity contribution in [1.29, 1.82) is 0 Å². The zero-order chi connectivity index (χ0) is 16.5. The summed E-state index contributed by atoms with van der Waals surface area (Å²) in [5.74, 6) is 0.461. The molecule has 0 spiro atoms. The molecule has 4 nitrogen and oxygen atoms in total. The summed E-state index contributed by atoms with van der Waals surface area (Å²) in [5, 5.41) is -0.0280. The number of alkyl halides is 3. The highest BCUT2D eigenvalue weighted by atomic mass is 79.9. The summed E-state index contributed by atoms with van der Waals surface area (Å²) in [6.45, 7) is 1.79. The number of halogens is 4. The van der Waals surface area contributed by atoms with E-state index in [-0.39, 0.29) is 33.7 Å². The highest BCUT2D eigenvalue weighted by molar-refractivity contribution is 9.10. The lowest BCUT2D eigenvalue weighted by atomic mass is 10.1. The molecule has 9 heteroatoms. The van der Waals surface area contributed by atoms with E-state index >= 15 is 0 Å². The summed E-state index contributed by atoms with van der Waals surface area (Å²) in [7, 11) is 0. The van der Waals surface area contributed by atoms with Crippen molar-refractivity contribution in [3.63, 3.8) is 0 Å². The Labute approximate surface area is 137 Å². The van der Waals surface area contributed by atoms with E-state index in [0.717, 1.165) is 17.8 Å². The molecular weight excluding hydrogens is 385 g/mol. The van der Waals surface area contributed by atoms with Crippen molar-refractivity contribution in [3.8, 4) is 0 Å². The third kappa shape index (κ3) is 4.01. The summed E-state index contributed by atoms with van der Waals surface area (Å²) in [6, 6.07) is 0.910. The molecule has 1 unspecified atom stereocenters. The number of amides is 1. The second kappa shape index (κ2) is 6.57. The molecule has 1 fully saturated rings. The van der Waals surface area contributed by atoms with Gasteiger partial charge in [-0.2, -0.15) is 13.2 Å². The monoisotopic (exact) mass is 396 g/mol. The Morgan fingerprint density at radius 3 is 2.77 bits per heavy atom. The van der Waals surface area contributed by atoms with Crippen molar-refractivity contribution in [2.75, 3.05) is 17.2 Å². The quantitative estimate of drug-likeness (QED) is 0.784. The van der Waals surface area contributed by atoms with Crippen molar-refractivity contribution >= 4 is 44.5 Å². The van der Waals surface area contributed by atoms with Crippen LogP contribution in [0.15, 0.2) is 16.7 Å². The molecule has 1 aliphatic rings. The molecule has 120 valence electrons. The van der Waals surface area contributed by atoms with Crippen LogP contribution in [0, 0.1) is 5.92 Å². The first-order valence-electron chi connectivity index (χ1n) is 6.35. The standard InChI is InChI=1S/C13H12BrF3N2O2S/c1-7(20)22-6-8-2-11(21)19(5-8)12-10(14)3-9(4-18-12)13(15,16)17/h3-4,8H,2,5-6H2,1H3. The number of carbonyl (C=O) groups is 2. The van der Waals surface area contributed by atoms with Crippen LogP contribution in [0.5, 0.6) is 0 Å². The zero-order valence-electron chi connectivity index (χ0n) is 11.5. The molecule has 2 rings (SSSR count). The number of anilines is 1. The molecule has 0 aliphatic carbocycles. The van der Waals surface area contributed by atoms with Crippen molar-refractivity contribution < 1.29 is 22.8 Å². The van der Waals surface area contributed by atoms with Gasteiger partial charge in [-0.3, -0.25) is 14.5 Å². The van der Waals surface area contributed by atoms with Gasteiger partial charge < -0.3 is 0 Å². The molecule has 1 aromatic heterocycles. The van der Waals surface area contributed by atoms with Crippen molar-refractivity contribution in [3.05, 3.63) is 22.3 Å². The minimum absolute atomic E-state index is 0.0163. The lowest BCUT2D eigenvalue weighted by molar-refractivity contribution is -0.137. The number of pyridine rings is 1. The van der Waals surface area contributed by atoms with Gasteiger partial charge in [0.2, 0.25) is 5.91 Å². The van der Waals surface area contributed by atoms with Gasteiger partial charge in [-0.25, -0.2) is 4.98 Å². The van der Waals surface area contributed by atoms with Gasteiger partial charge in [-0.1, -0.05) is 11.8 Å². The summed E-state index contributed by atoms with van der Waals surface area (Å²) in [6.07, 6.45) is -3.51. The van der Waals surface area contributed by atoms with E-state index in [1.165, 1.54) is 11.8 Å². The predicted octanol–water partition coefficient (Wildman–Crippen LogP) is 3.50. The molecule has 0 bridgehead atoms. The third-order valence-electron chi connectivity index (χ3n) is 3.13. The Morgan fingerprint density at radius 2 is 2.23 bits per heavy atom. The number of carbonyl (C=O) groups excluding carboxylic acids is 2. The van der Waals surface area contributed by atoms with Crippen molar-refractivity contribution in [2.45, 2.75) is 19.5 Å². The van der Waals surface area contributed by atoms with E-state index in [1.54, 1.807) is 0 Å². The number of thioether (sulfide) groups is 1. The summed E-state index contributed by atoms with van der Waals surface area (Å²) >= 11 is 4.18. The topological polar surface area (TPSA) is 50.3 Å². The van der Waals surface area contributed by atoms with Crippen LogP contribution in [0.1, 0.15) is 18.9 Å². The Balaban J connectivity index is 2.15. The highest BCUT2D eigenvalue weighted by Gasteiger charge is 2.35. The molecule has 1 amide bonds. The minimum Gasteiger partial charge on any atom is -0.296 e. The molecule has 1 aliphatic heterocycles. The summed E-state index contributed by atoms with van der Waals surface area (Å²) < 4.78 is 38.0. The first-order valence-corrected chi connectivity index (χ1v) is 8.13. The molecule has 1 saturated heterocycles. The van der Waals surface area contributed by atoms with Gasteiger partial charge in [0, 0.05) is 31.8 Å². The number of rotatable bonds is 3. The maximum absolute atomic E-state index is 12.6. The lowest BCUT2D eigenvalue weighted by Crippen LogP contribution is -2.26. The molecule has 1 atom stereocenters. The van der Waals surface area contributed by atoms with Gasteiger partial charge >= 0.3 is 6.18 Å². The second-order valence-corrected chi connectivity index (χ2v) is 6.96. The van der Waals surface area contributed by atoms with E-state index in [9.17, 15) is 22.8 Å². The van der Waals surface area contributed by atoms with E-state index in [0.29, 0.717) is 18.5 Å². The molecule has 0 saturated carbocycles. The molecule has 2 heterocycles. The van der Waals surface area contributed by atoms with Crippen molar-refractivity contribution in [1.82, 2.24) is 4.98 Å². The highest BCUT2D eigenvalue weighted by Crippen LogP contribution is 2.35. The van der Waals surface area contributed by atoms with Crippen LogP contribution in [0.2, 0.25) is 0 Å². The number of hydrogen-bond acceptors (Lipinski definition) is 4. The van der Waals surface area contributed by atoms with Crippen molar-refractivity contribution in [2.24, 2.45) is 5.92 Å². The molecule has 0 radical (unpaired) electrons. The smallest absolute Gasteiger partial charge is 0.296 e. The van der Waals surface area contributed by atoms with Gasteiger partial charge in [-0.15, -0.1) is 0 Å². The first-order chi connectivity index (χ1) is 10.2. The summed E-state index contributed by atoms with van der Waals surface area (Å²) in [5.41, 5.74) is -0.876. The molecule has 1 aromatic rings. The van der Waals surface area contributed by atoms with Crippen LogP contribution in [-0.2, 0) is 15.8 Å². The van der Waals surface area contributed by atoms with Crippen LogP contribution in [0.4, 0.5) is 19.0 Å². The van der Waals surface area contributed by atoms with E-state index < -0.39 is 11.7 Å². The Bertz CT molecular complexity index is 609. The van der Waals surface area contributed by atoms with E-state index in [4.69, 9.17) is 0 Å². The van der Waals surface area contributed by atoms with Crippen LogP contribution < -0.4 is 4.90 Å². The zero-order valence-corrected chi connectivity index (χ0v) is 13.9. The van der Waals surface area contributed by atoms with E-state index in [2.05, 4.69) is 20.9 Å². The number of hydrogen-bond donors (Lipinski definition) is 0. The Morgan fingerprint density at radius 1 is 1.55 bits per heavy atom. The first kappa shape index (κ1) is 17.3. The normalized spacial score (nSPS) is 18.9. The van der Waals surface area contributed by atoms with Crippen LogP contribution >= 0.6 is 27.7 Å². The largest absolute Gasteiger partial charge is 0.417 e. The average Bonchev–Trinajstić information content (AvgIpc) is 2.76. The van der Waals surface area contributed by atoms with Gasteiger partial charge in [0.1, 0.15) is 5.82 Å². The third-order valence-corrected chi connectivity index (χ3v) is 4.76. The molecule has 0 aromatic carbocycles. The van der Waals surface area contributed by atoms with Crippen LogP contribution in [0.25, 0.3) is 0 Å². The average molecular weight is 397 g/mol. The molecule has 22 heavy (non-hydrogen) atoms. The lowest BCUT2D eigenvalue weighted by Gasteiger charge is -2.18. The molecular formula is C13H12BrF3N2O2S. The fourth-order valence-corrected chi connectivity index (χ4v) is 3.37. The SMILES string of the molecule is CC(=O)SCC1CC(=O)N(c2ncc(C(F)(F)F)cc2Br)C1. The number of aromatic nitrogens is 1. The van der Waals surface area contributed by atoms with E-state index in [1.807, 2.05) is 0 Å². The van der Waals surface area contributed by atoms with Gasteiger partial charge in [-0.05, 0) is 27.9 Å². The maximum atomic E-state index is 12.6. The fraction of sp³-hybridized carbons (Fsp3) is 0.462. The van der Waals surface area contributed by atoms with Crippen LogP contribution in [-0.4, -0.2) is 28.3 Å². The maximum Gasteiger partial charge on any atom is 0.417 e. The fourth-order valence-electron chi connectivity index (χ4n) is 2.12. The summed E-state index contributed by atoms with van der Waals surface area (Å²) in [4.78, 5) is 28.1. The second-order valence-electron chi connectivity index (χ2n) is 4.90. The minimum atomic E-state index is -4.48. The van der Waals surface area contributed by atoms with Gasteiger partial charge in [0.05, 0.1) is 10.0 Å². The van der Waals surface area contributed by atoms with Gasteiger partial charge in [0.25, 0.3) is 0 Å². The van der Waals surface area contributed by atoms with Crippen LogP contribution in [0.3, 0.4) is 0 Å². The predicted molar refractivity (Wildman–Crippen MR) is 80.5 cm³/mol. The van der Waals surface area contributed by atoms with Gasteiger partial charge in [0.15, 0.2) is 5.12 Å². The molecule has 0 N–H and O–H groups in total.